The Morgan fingerprint density at radius 3 is 2.27 bits per heavy atom. The molecule has 1 aliphatic heterocycles. The molecule has 0 bridgehead atoms. The van der Waals surface area contributed by atoms with Crippen LogP contribution in [0, 0.1) is 0 Å². The number of hydrogen-bond donors (Lipinski definition) is 3. The van der Waals surface area contributed by atoms with Crippen molar-refractivity contribution in [2.75, 3.05) is 6.54 Å². The molecule has 0 aromatic heterocycles. The third-order valence-electron chi connectivity index (χ3n) is 2.00. The fourth-order valence-electron chi connectivity index (χ4n) is 1.29. The van der Waals surface area contributed by atoms with Crippen LogP contribution in [-0.2, 0) is 19.1 Å². The fourth-order valence-corrected chi connectivity index (χ4v) is 1.29. The summed E-state index contributed by atoms with van der Waals surface area (Å²) in [5.74, 6) is -2.85. The van der Waals surface area contributed by atoms with Crippen molar-refractivity contribution in [3.8, 4) is 0 Å². The van der Waals surface area contributed by atoms with Crippen LogP contribution in [0.3, 0.4) is 0 Å². The first kappa shape index (κ1) is 11.4. The Morgan fingerprint density at radius 2 is 1.80 bits per heavy atom. The molecule has 0 aliphatic carbocycles. The van der Waals surface area contributed by atoms with E-state index in [0.29, 0.717) is 6.42 Å². The second kappa shape index (κ2) is 4.74. The van der Waals surface area contributed by atoms with Crippen molar-refractivity contribution in [2.45, 2.75) is 25.0 Å². The molecular weight excluding hydrogens is 206 g/mol. The molecule has 0 aromatic rings. The molecule has 0 aromatic carbocycles. The minimum atomic E-state index is -1.16. The van der Waals surface area contributed by atoms with Gasteiger partial charge in [-0.1, -0.05) is 0 Å². The molecule has 3 N–H and O–H groups in total. The van der Waals surface area contributed by atoms with Gasteiger partial charge in [-0.3, -0.25) is 9.59 Å². The zero-order valence-corrected chi connectivity index (χ0v) is 7.80. The standard InChI is InChI=1S/C8H11NO6/c10-6(11)3-9-7(12)4-1-2-5(15-4)8(13)14/h4-5H,1-3H2,(H,9,12)(H,10,11)(H,13,14)/t4-,5+/m0/s1. The first-order valence-electron chi connectivity index (χ1n) is 4.38. The van der Waals surface area contributed by atoms with E-state index in [-0.39, 0.29) is 6.42 Å². The van der Waals surface area contributed by atoms with Crippen molar-refractivity contribution in [2.24, 2.45) is 0 Å². The number of ether oxygens (including phenoxy) is 1. The van der Waals surface area contributed by atoms with Gasteiger partial charge >= 0.3 is 11.9 Å². The molecule has 0 radical (unpaired) electrons. The van der Waals surface area contributed by atoms with Crippen LogP contribution < -0.4 is 5.32 Å². The highest BCUT2D eigenvalue weighted by Crippen LogP contribution is 2.19. The minimum absolute atomic E-state index is 0.264. The van der Waals surface area contributed by atoms with Crippen molar-refractivity contribution in [1.29, 1.82) is 0 Å². The lowest BCUT2D eigenvalue weighted by Gasteiger charge is -2.10. The van der Waals surface area contributed by atoms with Crippen LogP contribution in [0.1, 0.15) is 12.8 Å². The van der Waals surface area contributed by atoms with Gasteiger partial charge in [-0.15, -0.1) is 0 Å². The van der Waals surface area contributed by atoms with E-state index in [1.807, 2.05) is 0 Å². The summed E-state index contributed by atoms with van der Waals surface area (Å²) >= 11 is 0. The lowest BCUT2D eigenvalue weighted by Crippen LogP contribution is -2.38. The molecule has 0 spiro atoms. The Labute approximate surface area is 85.0 Å². The minimum Gasteiger partial charge on any atom is -0.480 e. The quantitative estimate of drug-likeness (QED) is 0.546. The predicted octanol–water partition coefficient (Wildman–Crippen LogP) is -1.18. The molecular formula is C8H11NO6. The monoisotopic (exact) mass is 217 g/mol. The molecule has 15 heavy (non-hydrogen) atoms. The number of nitrogens with one attached hydrogen (secondary N) is 1. The second-order valence-electron chi connectivity index (χ2n) is 3.14. The highest BCUT2D eigenvalue weighted by molar-refractivity contribution is 5.85. The maximum atomic E-state index is 11.2. The SMILES string of the molecule is O=C(O)CNC(=O)[C@@H]1CC[C@H](C(=O)O)O1. The summed E-state index contributed by atoms with van der Waals surface area (Å²) in [6.07, 6.45) is -1.26. The summed E-state index contributed by atoms with van der Waals surface area (Å²) in [5, 5.41) is 19.0. The van der Waals surface area contributed by atoms with E-state index >= 15 is 0 Å². The molecule has 1 amide bonds. The summed E-state index contributed by atoms with van der Waals surface area (Å²) in [5.41, 5.74) is 0. The van der Waals surface area contributed by atoms with Gasteiger partial charge in [0, 0.05) is 0 Å². The highest BCUT2D eigenvalue weighted by atomic mass is 16.5. The smallest absolute Gasteiger partial charge is 0.332 e. The molecule has 2 atom stereocenters. The lowest BCUT2D eigenvalue weighted by atomic mass is 10.2. The maximum Gasteiger partial charge on any atom is 0.332 e. The van der Waals surface area contributed by atoms with Crippen LogP contribution in [-0.4, -0.2) is 46.8 Å². The van der Waals surface area contributed by atoms with Crippen molar-refractivity contribution < 1.29 is 29.3 Å². The van der Waals surface area contributed by atoms with Gasteiger partial charge in [0.05, 0.1) is 0 Å². The summed E-state index contributed by atoms with van der Waals surface area (Å²) in [4.78, 5) is 31.9. The molecule has 84 valence electrons. The normalized spacial score (nSPS) is 24.8. The topological polar surface area (TPSA) is 113 Å². The molecule has 7 heteroatoms. The average Bonchev–Trinajstić information content (AvgIpc) is 2.62. The van der Waals surface area contributed by atoms with Crippen molar-refractivity contribution in [3.05, 3.63) is 0 Å². The maximum absolute atomic E-state index is 11.2. The van der Waals surface area contributed by atoms with Gasteiger partial charge < -0.3 is 20.3 Å². The van der Waals surface area contributed by atoms with Gasteiger partial charge in [0.25, 0.3) is 0 Å². The van der Waals surface area contributed by atoms with E-state index in [4.69, 9.17) is 14.9 Å². The van der Waals surface area contributed by atoms with Crippen LogP contribution in [0.4, 0.5) is 0 Å². The van der Waals surface area contributed by atoms with Gasteiger partial charge in [-0.25, -0.2) is 4.79 Å². The third kappa shape index (κ3) is 3.21. The predicted molar refractivity (Wildman–Crippen MR) is 46.2 cm³/mol. The zero-order valence-electron chi connectivity index (χ0n) is 7.80. The average molecular weight is 217 g/mol. The zero-order chi connectivity index (χ0) is 11.4. The number of carboxylic acid groups (broad SMARTS) is 2. The van der Waals surface area contributed by atoms with Crippen LogP contribution >= 0.6 is 0 Å². The van der Waals surface area contributed by atoms with E-state index in [0.717, 1.165) is 0 Å². The third-order valence-corrected chi connectivity index (χ3v) is 2.00. The van der Waals surface area contributed by atoms with E-state index in [1.165, 1.54) is 0 Å². The first-order chi connectivity index (χ1) is 7.00. The molecule has 7 nitrogen and oxygen atoms in total. The van der Waals surface area contributed by atoms with Crippen LogP contribution in [0.5, 0.6) is 0 Å². The molecule has 1 saturated heterocycles. The molecule has 1 fully saturated rings. The highest BCUT2D eigenvalue weighted by Gasteiger charge is 2.34. The summed E-state index contributed by atoms with van der Waals surface area (Å²) in [7, 11) is 0. The van der Waals surface area contributed by atoms with Gasteiger partial charge in [-0.2, -0.15) is 0 Å². The Morgan fingerprint density at radius 1 is 1.20 bits per heavy atom. The van der Waals surface area contributed by atoms with Crippen LogP contribution in [0.25, 0.3) is 0 Å². The number of rotatable bonds is 4. The van der Waals surface area contributed by atoms with E-state index in [1.54, 1.807) is 0 Å². The number of carboxylic acids is 2. The summed E-state index contributed by atoms with van der Waals surface area (Å²) < 4.78 is 4.91. The molecule has 1 rings (SSSR count). The van der Waals surface area contributed by atoms with Crippen molar-refractivity contribution >= 4 is 17.8 Å². The molecule has 0 unspecified atom stereocenters. The molecule has 1 heterocycles. The van der Waals surface area contributed by atoms with Crippen LogP contribution in [0.15, 0.2) is 0 Å². The lowest BCUT2D eigenvalue weighted by molar-refractivity contribution is -0.152. The summed E-state index contributed by atoms with van der Waals surface area (Å²) in [6.45, 7) is -0.490. The number of hydrogen-bond acceptors (Lipinski definition) is 4. The Balaban J connectivity index is 2.36. The van der Waals surface area contributed by atoms with Crippen LogP contribution in [0.2, 0.25) is 0 Å². The second-order valence-corrected chi connectivity index (χ2v) is 3.14. The van der Waals surface area contributed by atoms with Gasteiger partial charge in [0.1, 0.15) is 12.6 Å². The Hall–Kier alpha value is -1.63. The number of carbonyl (C=O) groups excluding carboxylic acids is 1. The van der Waals surface area contributed by atoms with Crippen molar-refractivity contribution in [1.82, 2.24) is 5.32 Å². The molecule has 0 saturated carbocycles. The summed E-state index contributed by atoms with van der Waals surface area (Å²) in [6, 6.07) is 0. The van der Waals surface area contributed by atoms with E-state index in [9.17, 15) is 14.4 Å². The Kier molecular flexibility index (Phi) is 3.62. The van der Waals surface area contributed by atoms with Crippen molar-refractivity contribution in [3.63, 3.8) is 0 Å². The number of amides is 1. The van der Waals surface area contributed by atoms with E-state index in [2.05, 4.69) is 5.32 Å². The number of carbonyl (C=O) groups is 3. The largest absolute Gasteiger partial charge is 0.480 e. The first-order valence-corrected chi connectivity index (χ1v) is 4.38. The number of aliphatic carboxylic acids is 2. The Bertz CT molecular complexity index is 289. The molecule has 1 aliphatic rings. The van der Waals surface area contributed by atoms with Gasteiger partial charge in [-0.05, 0) is 12.8 Å². The van der Waals surface area contributed by atoms with E-state index < -0.39 is 36.6 Å². The van der Waals surface area contributed by atoms with Gasteiger partial charge in [0.2, 0.25) is 5.91 Å². The fraction of sp³-hybridized carbons (Fsp3) is 0.625. The van der Waals surface area contributed by atoms with Gasteiger partial charge in [0.15, 0.2) is 6.10 Å².